The highest BCUT2D eigenvalue weighted by atomic mass is 79.9. The molecule has 3 aromatic carbocycles. The van der Waals surface area contributed by atoms with Crippen LogP contribution in [-0.4, -0.2) is 46.6 Å². The van der Waals surface area contributed by atoms with Crippen molar-refractivity contribution in [3.05, 3.63) is 27.7 Å². The number of carbonyl (C=O) groups is 1. The van der Waals surface area contributed by atoms with Crippen LogP contribution in [0.1, 0.15) is 15.9 Å². The predicted molar refractivity (Wildman–Crippen MR) is 114 cm³/mol. The fraction of sp³-hybridized carbons (Fsp3) is 0.286. The first-order valence-electron chi connectivity index (χ1n) is 8.58. The summed E-state index contributed by atoms with van der Waals surface area (Å²) in [5.41, 5.74) is 0.547. The number of carboxylic acid groups (broad SMARTS) is 1. The minimum Gasteiger partial charge on any atom is -0.496 e. The highest BCUT2D eigenvalue weighted by Crippen LogP contribution is 2.54. The molecule has 0 radical (unpaired) electrons. The number of aromatic carboxylic acids is 1. The van der Waals surface area contributed by atoms with Gasteiger partial charge in [0.05, 0.1) is 50.8 Å². The van der Waals surface area contributed by atoms with Crippen molar-refractivity contribution >= 4 is 43.4 Å². The van der Waals surface area contributed by atoms with E-state index in [1.165, 1.54) is 14.2 Å². The summed E-state index contributed by atoms with van der Waals surface area (Å²) in [6.45, 7) is 1.71. The van der Waals surface area contributed by atoms with Gasteiger partial charge in [0, 0.05) is 10.8 Å². The Morgan fingerprint density at radius 3 is 1.86 bits per heavy atom. The van der Waals surface area contributed by atoms with Crippen LogP contribution in [0.5, 0.6) is 28.7 Å². The molecule has 29 heavy (non-hydrogen) atoms. The average molecular weight is 465 g/mol. The van der Waals surface area contributed by atoms with Crippen molar-refractivity contribution in [3.8, 4) is 28.7 Å². The molecule has 1 N–H and O–H groups in total. The highest BCUT2D eigenvalue weighted by Gasteiger charge is 2.28. The van der Waals surface area contributed by atoms with Crippen LogP contribution >= 0.6 is 15.9 Å². The molecule has 0 aliphatic rings. The van der Waals surface area contributed by atoms with E-state index < -0.39 is 5.97 Å². The number of ether oxygens (including phenoxy) is 5. The summed E-state index contributed by atoms with van der Waals surface area (Å²) in [6.07, 6.45) is 0. The van der Waals surface area contributed by atoms with Crippen LogP contribution in [0.2, 0.25) is 0 Å². The molecule has 8 heteroatoms. The molecule has 0 fully saturated rings. The second-order valence-electron chi connectivity index (χ2n) is 6.22. The second-order valence-corrected chi connectivity index (χ2v) is 7.07. The summed E-state index contributed by atoms with van der Waals surface area (Å²) in [7, 11) is 7.60. The van der Waals surface area contributed by atoms with Crippen molar-refractivity contribution in [1.82, 2.24) is 0 Å². The number of hydrogen-bond donors (Lipinski definition) is 1. The van der Waals surface area contributed by atoms with Gasteiger partial charge in [-0.05, 0) is 40.5 Å². The number of fused-ring (bicyclic) bond motifs is 2. The van der Waals surface area contributed by atoms with Gasteiger partial charge in [0.15, 0.2) is 0 Å². The van der Waals surface area contributed by atoms with E-state index in [4.69, 9.17) is 23.7 Å². The molecular weight excluding hydrogens is 444 g/mol. The zero-order chi connectivity index (χ0) is 21.5. The maximum absolute atomic E-state index is 11.9. The van der Waals surface area contributed by atoms with E-state index in [1.807, 2.05) is 0 Å². The minimum absolute atomic E-state index is 0.0561. The average Bonchev–Trinajstić information content (AvgIpc) is 2.70. The van der Waals surface area contributed by atoms with Crippen molar-refractivity contribution in [3.63, 3.8) is 0 Å². The lowest BCUT2D eigenvalue weighted by atomic mass is 9.93. The Hall–Kier alpha value is -2.87. The van der Waals surface area contributed by atoms with Crippen LogP contribution in [0.3, 0.4) is 0 Å². The van der Waals surface area contributed by atoms with Crippen molar-refractivity contribution in [1.29, 1.82) is 0 Å². The first-order valence-corrected chi connectivity index (χ1v) is 9.38. The molecule has 0 atom stereocenters. The predicted octanol–water partition coefficient (Wildman–Crippen LogP) is 4.81. The van der Waals surface area contributed by atoms with Crippen molar-refractivity contribution < 1.29 is 33.6 Å². The quantitative estimate of drug-likeness (QED) is 0.524. The Labute approximate surface area is 176 Å². The van der Waals surface area contributed by atoms with Gasteiger partial charge in [-0.1, -0.05) is 0 Å². The number of carboxylic acids is 1. The molecule has 0 spiro atoms. The van der Waals surface area contributed by atoms with E-state index in [0.29, 0.717) is 54.6 Å². The number of aryl methyl sites for hydroxylation is 1. The summed E-state index contributed by atoms with van der Waals surface area (Å²) < 4.78 is 28.8. The lowest BCUT2D eigenvalue weighted by molar-refractivity contribution is 0.0692. The van der Waals surface area contributed by atoms with Crippen LogP contribution < -0.4 is 23.7 Å². The Kier molecular flexibility index (Phi) is 5.66. The van der Waals surface area contributed by atoms with E-state index in [9.17, 15) is 9.90 Å². The van der Waals surface area contributed by atoms with Gasteiger partial charge in [0.25, 0.3) is 0 Å². The normalized spacial score (nSPS) is 10.9. The first-order chi connectivity index (χ1) is 13.9. The van der Waals surface area contributed by atoms with Crippen LogP contribution in [-0.2, 0) is 0 Å². The Bertz CT molecular complexity index is 1140. The summed E-state index contributed by atoms with van der Waals surface area (Å²) in [5.74, 6) is 1.15. The molecule has 154 valence electrons. The number of benzene rings is 3. The molecule has 0 heterocycles. The molecule has 0 unspecified atom stereocenters. The monoisotopic (exact) mass is 464 g/mol. The standard InChI is InChI=1S/C21H21BrO7/c1-9-14-10(7-12(25-2)15(9)21(23)24)18(27-4)16-13(26-3)8-11(22)19(28-5)17(16)20(14)29-6/h7-8H,1-6H3,(H,23,24). The topological polar surface area (TPSA) is 83.5 Å². The van der Waals surface area contributed by atoms with Gasteiger partial charge in [-0.3, -0.25) is 0 Å². The summed E-state index contributed by atoms with van der Waals surface area (Å²) in [6, 6.07) is 3.42. The molecule has 3 rings (SSSR count). The maximum Gasteiger partial charge on any atom is 0.339 e. The van der Waals surface area contributed by atoms with Gasteiger partial charge < -0.3 is 28.8 Å². The number of hydrogen-bond acceptors (Lipinski definition) is 6. The van der Waals surface area contributed by atoms with Crippen LogP contribution in [0.15, 0.2) is 16.6 Å². The van der Waals surface area contributed by atoms with E-state index in [0.717, 1.165) is 0 Å². The van der Waals surface area contributed by atoms with Crippen LogP contribution in [0, 0.1) is 6.92 Å². The fourth-order valence-electron chi connectivity index (χ4n) is 3.77. The highest BCUT2D eigenvalue weighted by molar-refractivity contribution is 9.10. The first kappa shape index (κ1) is 20.9. The van der Waals surface area contributed by atoms with E-state index in [2.05, 4.69) is 15.9 Å². The van der Waals surface area contributed by atoms with Gasteiger partial charge in [0.1, 0.15) is 34.3 Å². The second kappa shape index (κ2) is 7.87. The van der Waals surface area contributed by atoms with Crippen molar-refractivity contribution in [2.75, 3.05) is 35.5 Å². The van der Waals surface area contributed by atoms with E-state index in [-0.39, 0.29) is 11.3 Å². The molecular formula is C21H21BrO7. The Morgan fingerprint density at radius 1 is 0.793 bits per heavy atom. The summed E-state index contributed by atoms with van der Waals surface area (Å²) >= 11 is 3.51. The molecule has 0 aliphatic heterocycles. The smallest absolute Gasteiger partial charge is 0.339 e. The van der Waals surface area contributed by atoms with E-state index >= 15 is 0 Å². The van der Waals surface area contributed by atoms with Gasteiger partial charge in [-0.25, -0.2) is 4.79 Å². The molecule has 0 aromatic heterocycles. The van der Waals surface area contributed by atoms with Crippen LogP contribution in [0.25, 0.3) is 21.5 Å². The molecule has 0 saturated heterocycles. The molecule has 0 aliphatic carbocycles. The molecule has 0 saturated carbocycles. The zero-order valence-corrected chi connectivity index (χ0v) is 18.5. The summed E-state index contributed by atoms with van der Waals surface area (Å²) in [4.78, 5) is 11.9. The van der Waals surface area contributed by atoms with Crippen molar-refractivity contribution in [2.24, 2.45) is 0 Å². The van der Waals surface area contributed by atoms with Gasteiger partial charge >= 0.3 is 5.97 Å². The largest absolute Gasteiger partial charge is 0.496 e. The Morgan fingerprint density at radius 2 is 1.38 bits per heavy atom. The van der Waals surface area contributed by atoms with E-state index in [1.54, 1.807) is 40.4 Å². The van der Waals surface area contributed by atoms with Gasteiger partial charge in [0.2, 0.25) is 0 Å². The lowest BCUT2D eigenvalue weighted by Gasteiger charge is -2.22. The van der Waals surface area contributed by atoms with Gasteiger partial charge in [-0.2, -0.15) is 0 Å². The van der Waals surface area contributed by atoms with Gasteiger partial charge in [-0.15, -0.1) is 0 Å². The SMILES string of the molecule is COc1cc2c(OC)c3c(OC)cc(Br)c(OC)c3c(OC)c2c(C)c1C(=O)O. The Balaban J connectivity index is 2.77. The summed E-state index contributed by atoms with van der Waals surface area (Å²) in [5, 5.41) is 12.2. The van der Waals surface area contributed by atoms with Crippen LogP contribution in [0.4, 0.5) is 0 Å². The fourth-order valence-corrected chi connectivity index (χ4v) is 4.34. The maximum atomic E-state index is 11.9. The third-order valence-electron chi connectivity index (χ3n) is 4.93. The molecule has 3 aromatic rings. The lowest BCUT2D eigenvalue weighted by Crippen LogP contribution is -2.06. The van der Waals surface area contributed by atoms with Crippen molar-refractivity contribution in [2.45, 2.75) is 6.92 Å². The minimum atomic E-state index is -1.10. The number of halogens is 1. The molecule has 0 amide bonds. The third kappa shape index (κ3) is 2.98. The molecule has 7 nitrogen and oxygen atoms in total. The zero-order valence-electron chi connectivity index (χ0n) is 16.9. The third-order valence-corrected chi connectivity index (χ3v) is 5.52. The molecule has 0 bridgehead atoms. The number of methoxy groups -OCH3 is 5. The number of rotatable bonds is 6.